The average Bonchev–Trinajstić information content (AvgIpc) is 2.36. The van der Waals surface area contributed by atoms with Gasteiger partial charge in [-0.25, -0.2) is 0 Å². The summed E-state index contributed by atoms with van der Waals surface area (Å²) in [6.45, 7) is 2.96. The van der Waals surface area contributed by atoms with Crippen LogP contribution in [0.4, 0.5) is 11.4 Å². The van der Waals surface area contributed by atoms with E-state index in [9.17, 15) is 4.79 Å². The summed E-state index contributed by atoms with van der Waals surface area (Å²) in [6, 6.07) is 7.14. The molecule has 1 rings (SSSR count). The lowest BCUT2D eigenvalue weighted by Crippen LogP contribution is -2.35. The third-order valence-electron chi connectivity index (χ3n) is 2.55. The number of hydrogen-bond donors (Lipinski definition) is 2. The number of carbonyl (C=O) groups is 1. The van der Waals surface area contributed by atoms with Gasteiger partial charge in [0.15, 0.2) is 0 Å². The van der Waals surface area contributed by atoms with Crippen molar-refractivity contribution in [3.05, 3.63) is 23.8 Å². The molecule has 0 spiro atoms. The lowest BCUT2D eigenvalue weighted by molar-refractivity contribution is -0.119. The van der Waals surface area contributed by atoms with Gasteiger partial charge in [0.1, 0.15) is 6.07 Å². The summed E-state index contributed by atoms with van der Waals surface area (Å²) in [5, 5.41) is 11.6. The van der Waals surface area contributed by atoms with Crippen LogP contribution in [-0.4, -0.2) is 26.0 Å². The van der Waals surface area contributed by atoms with Crippen LogP contribution in [0, 0.1) is 11.3 Å². The quantitative estimate of drug-likeness (QED) is 0.762. The van der Waals surface area contributed by atoms with Crippen molar-refractivity contribution in [2.24, 2.45) is 0 Å². The Morgan fingerprint density at radius 1 is 1.56 bits per heavy atom. The van der Waals surface area contributed by atoms with Crippen molar-refractivity contribution >= 4 is 17.3 Å². The largest absolute Gasteiger partial charge is 0.398 e. The molecule has 0 unspecified atom stereocenters. The first-order valence-electron chi connectivity index (χ1n) is 5.86. The van der Waals surface area contributed by atoms with Crippen molar-refractivity contribution in [1.82, 2.24) is 5.32 Å². The fraction of sp³-hybridized carbons (Fsp3) is 0.385. The third kappa shape index (κ3) is 3.67. The number of amides is 1. The summed E-state index contributed by atoms with van der Waals surface area (Å²) in [5.41, 5.74) is 7.42. The van der Waals surface area contributed by atoms with E-state index in [0.717, 1.165) is 12.1 Å². The number of hydrogen-bond acceptors (Lipinski definition) is 4. The minimum atomic E-state index is -0.0257. The second-order valence-corrected chi connectivity index (χ2v) is 4.09. The van der Waals surface area contributed by atoms with Crippen LogP contribution in [0.15, 0.2) is 18.2 Å². The molecule has 0 saturated carbocycles. The molecule has 0 atom stereocenters. The first-order valence-corrected chi connectivity index (χ1v) is 5.86. The molecule has 5 heteroatoms. The normalized spacial score (nSPS) is 9.61. The Labute approximate surface area is 107 Å². The SMILES string of the molecule is CCCNC(=O)CN(C)c1ccc(C#N)c(N)c1. The third-order valence-corrected chi connectivity index (χ3v) is 2.55. The monoisotopic (exact) mass is 246 g/mol. The van der Waals surface area contributed by atoms with E-state index in [0.29, 0.717) is 17.8 Å². The molecule has 1 amide bonds. The maximum Gasteiger partial charge on any atom is 0.239 e. The van der Waals surface area contributed by atoms with Gasteiger partial charge in [0.2, 0.25) is 5.91 Å². The van der Waals surface area contributed by atoms with E-state index in [2.05, 4.69) is 5.32 Å². The molecule has 0 fully saturated rings. The van der Waals surface area contributed by atoms with Crippen molar-refractivity contribution in [2.75, 3.05) is 30.8 Å². The summed E-state index contributed by atoms with van der Waals surface area (Å²) < 4.78 is 0. The lowest BCUT2D eigenvalue weighted by atomic mass is 10.1. The van der Waals surface area contributed by atoms with E-state index in [1.54, 1.807) is 23.1 Å². The number of anilines is 2. The average molecular weight is 246 g/mol. The van der Waals surface area contributed by atoms with Crippen LogP contribution < -0.4 is 16.0 Å². The maximum absolute atomic E-state index is 11.6. The highest BCUT2D eigenvalue weighted by molar-refractivity contribution is 5.81. The van der Waals surface area contributed by atoms with E-state index in [1.807, 2.05) is 20.0 Å². The molecule has 96 valence electrons. The highest BCUT2D eigenvalue weighted by atomic mass is 16.2. The van der Waals surface area contributed by atoms with Gasteiger partial charge in [0.25, 0.3) is 0 Å². The van der Waals surface area contributed by atoms with Gasteiger partial charge in [-0.15, -0.1) is 0 Å². The van der Waals surface area contributed by atoms with Crippen LogP contribution in [0.5, 0.6) is 0 Å². The van der Waals surface area contributed by atoms with Crippen molar-refractivity contribution in [1.29, 1.82) is 5.26 Å². The summed E-state index contributed by atoms with van der Waals surface area (Å²) in [5.74, 6) is -0.0257. The smallest absolute Gasteiger partial charge is 0.239 e. The number of nitrogen functional groups attached to an aromatic ring is 1. The van der Waals surface area contributed by atoms with Gasteiger partial charge in [0, 0.05) is 19.3 Å². The standard InChI is InChI=1S/C13H18N4O/c1-3-6-16-13(18)9-17(2)11-5-4-10(8-14)12(15)7-11/h4-5,7H,3,6,9,15H2,1-2H3,(H,16,18). The van der Waals surface area contributed by atoms with Gasteiger partial charge in [-0.1, -0.05) is 6.92 Å². The molecule has 0 aliphatic rings. The fourth-order valence-corrected chi connectivity index (χ4v) is 1.52. The Morgan fingerprint density at radius 2 is 2.28 bits per heavy atom. The molecule has 0 radical (unpaired) electrons. The lowest BCUT2D eigenvalue weighted by Gasteiger charge is -2.19. The van der Waals surface area contributed by atoms with Gasteiger partial charge in [0.05, 0.1) is 17.8 Å². The fourth-order valence-electron chi connectivity index (χ4n) is 1.52. The van der Waals surface area contributed by atoms with Crippen molar-refractivity contribution in [3.8, 4) is 6.07 Å². The number of rotatable bonds is 5. The molecular formula is C13H18N4O. The van der Waals surface area contributed by atoms with Gasteiger partial charge < -0.3 is 16.0 Å². The highest BCUT2D eigenvalue weighted by Crippen LogP contribution is 2.19. The number of benzene rings is 1. The second-order valence-electron chi connectivity index (χ2n) is 4.09. The van der Waals surface area contributed by atoms with Crippen LogP contribution in [0.3, 0.4) is 0 Å². The molecule has 1 aromatic carbocycles. The Hall–Kier alpha value is -2.22. The summed E-state index contributed by atoms with van der Waals surface area (Å²) in [6.07, 6.45) is 0.916. The molecule has 18 heavy (non-hydrogen) atoms. The summed E-state index contributed by atoms with van der Waals surface area (Å²) >= 11 is 0. The molecule has 0 aliphatic carbocycles. The molecule has 5 nitrogen and oxygen atoms in total. The molecule has 0 saturated heterocycles. The minimum absolute atomic E-state index is 0.0257. The zero-order valence-corrected chi connectivity index (χ0v) is 10.7. The minimum Gasteiger partial charge on any atom is -0.398 e. The molecule has 0 aromatic heterocycles. The van der Waals surface area contributed by atoms with Gasteiger partial charge >= 0.3 is 0 Å². The molecule has 1 aromatic rings. The Bertz CT molecular complexity index is 465. The molecule has 3 N–H and O–H groups in total. The van der Waals surface area contributed by atoms with Crippen LogP contribution in [-0.2, 0) is 4.79 Å². The molecule has 0 aliphatic heterocycles. The summed E-state index contributed by atoms with van der Waals surface area (Å²) in [7, 11) is 1.81. The van der Waals surface area contributed by atoms with Crippen molar-refractivity contribution in [2.45, 2.75) is 13.3 Å². The molecule has 0 bridgehead atoms. The van der Waals surface area contributed by atoms with Crippen LogP contribution in [0.2, 0.25) is 0 Å². The van der Waals surface area contributed by atoms with Gasteiger partial charge in [-0.2, -0.15) is 5.26 Å². The Morgan fingerprint density at radius 3 is 2.83 bits per heavy atom. The van der Waals surface area contributed by atoms with E-state index in [-0.39, 0.29) is 12.5 Å². The van der Waals surface area contributed by atoms with Crippen LogP contribution in [0.1, 0.15) is 18.9 Å². The number of nitrogens with one attached hydrogen (secondary N) is 1. The van der Waals surface area contributed by atoms with E-state index < -0.39 is 0 Å². The number of likely N-dealkylation sites (N-methyl/N-ethyl adjacent to an activating group) is 1. The summed E-state index contributed by atoms with van der Waals surface area (Å²) in [4.78, 5) is 13.4. The first kappa shape index (κ1) is 13.8. The maximum atomic E-state index is 11.6. The Balaban J connectivity index is 2.67. The zero-order chi connectivity index (χ0) is 13.5. The predicted molar refractivity (Wildman–Crippen MR) is 72.1 cm³/mol. The number of nitrogens with zero attached hydrogens (tertiary/aromatic N) is 2. The number of carbonyl (C=O) groups excluding carboxylic acids is 1. The first-order chi connectivity index (χ1) is 8.58. The van der Waals surface area contributed by atoms with E-state index in [4.69, 9.17) is 11.0 Å². The highest BCUT2D eigenvalue weighted by Gasteiger charge is 2.08. The molecule has 0 heterocycles. The van der Waals surface area contributed by atoms with E-state index >= 15 is 0 Å². The number of nitriles is 1. The number of nitrogens with two attached hydrogens (primary N) is 1. The Kier molecular flexibility index (Phi) is 5.00. The van der Waals surface area contributed by atoms with Gasteiger partial charge in [-0.3, -0.25) is 4.79 Å². The second kappa shape index (κ2) is 6.50. The molecular weight excluding hydrogens is 228 g/mol. The van der Waals surface area contributed by atoms with Crippen molar-refractivity contribution in [3.63, 3.8) is 0 Å². The topological polar surface area (TPSA) is 82.2 Å². The van der Waals surface area contributed by atoms with Gasteiger partial charge in [-0.05, 0) is 24.6 Å². The van der Waals surface area contributed by atoms with E-state index in [1.165, 1.54) is 0 Å². The van der Waals surface area contributed by atoms with Crippen molar-refractivity contribution < 1.29 is 4.79 Å². The zero-order valence-electron chi connectivity index (χ0n) is 10.7. The van der Waals surface area contributed by atoms with Crippen LogP contribution in [0.25, 0.3) is 0 Å². The van der Waals surface area contributed by atoms with Crippen LogP contribution >= 0.6 is 0 Å². The predicted octanol–water partition coefficient (Wildman–Crippen LogP) is 1.10.